The number of aliphatic hydroxyl groups is 1. The Labute approximate surface area is 159 Å². The van der Waals surface area contributed by atoms with Gasteiger partial charge in [0.1, 0.15) is 0 Å². The van der Waals surface area contributed by atoms with Crippen molar-refractivity contribution in [1.82, 2.24) is 9.88 Å². The molecule has 2 fully saturated rings. The summed E-state index contributed by atoms with van der Waals surface area (Å²) >= 11 is 0. The third kappa shape index (κ3) is 3.04. The zero-order valence-corrected chi connectivity index (χ0v) is 15.3. The second kappa shape index (κ2) is 6.71. The molecular weight excluding hydrogens is 336 g/mol. The van der Waals surface area contributed by atoms with E-state index in [-0.39, 0.29) is 12.1 Å². The predicted octanol–water partition coefficient (Wildman–Crippen LogP) is 3.49. The molecule has 2 aliphatic heterocycles. The highest BCUT2D eigenvalue weighted by Crippen LogP contribution is 2.43. The van der Waals surface area contributed by atoms with Crippen LogP contribution in [0, 0.1) is 0 Å². The van der Waals surface area contributed by atoms with Crippen molar-refractivity contribution in [3.8, 4) is 0 Å². The molecule has 0 amide bonds. The Balaban J connectivity index is 1.48. The number of pyridine rings is 1. The number of hydrogen-bond donors (Lipinski definition) is 1. The van der Waals surface area contributed by atoms with E-state index in [9.17, 15) is 5.11 Å². The van der Waals surface area contributed by atoms with Crippen molar-refractivity contribution in [1.29, 1.82) is 0 Å². The van der Waals surface area contributed by atoms with Crippen LogP contribution in [0.2, 0.25) is 0 Å². The van der Waals surface area contributed by atoms with Crippen molar-refractivity contribution in [2.75, 3.05) is 13.2 Å². The molecule has 27 heavy (non-hydrogen) atoms. The standard InChI is InChI=1S/C23H24N2O2/c26-23(21-9-4-10-22-20(21)8-5-11-24-22)12-18-15-27-16-19(13-23)25(18)14-17-6-2-1-3-7-17/h1-11,18-19,26H,12-16H2. The van der Waals surface area contributed by atoms with Crippen molar-refractivity contribution in [2.45, 2.75) is 37.1 Å². The van der Waals surface area contributed by atoms with Gasteiger partial charge in [0.2, 0.25) is 0 Å². The second-order valence-corrected chi connectivity index (χ2v) is 7.82. The number of benzene rings is 2. The van der Waals surface area contributed by atoms with Crippen molar-refractivity contribution < 1.29 is 9.84 Å². The average Bonchev–Trinajstić information content (AvgIpc) is 2.69. The number of ether oxygens (including phenoxy) is 1. The first-order valence-corrected chi connectivity index (χ1v) is 9.67. The van der Waals surface area contributed by atoms with Crippen LogP contribution in [0.15, 0.2) is 66.9 Å². The van der Waals surface area contributed by atoms with Crippen LogP contribution >= 0.6 is 0 Å². The third-order valence-corrected chi connectivity index (χ3v) is 6.06. The van der Waals surface area contributed by atoms with Gasteiger partial charge in [-0.3, -0.25) is 9.88 Å². The summed E-state index contributed by atoms with van der Waals surface area (Å²) in [6.07, 6.45) is 3.18. The van der Waals surface area contributed by atoms with Crippen LogP contribution < -0.4 is 0 Å². The van der Waals surface area contributed by atoms with Crippen molar-refractivity contribution in [3.63, 3.8) is 0 Å². The van der Waals surface area contributed by atoms with Crippen LogP contribution in [-0.2, 0) is 16.9 Å². The maximum absolute atomic E-state index is 11.7. The molecule has 2 aromatic carbocycles. The fraction of sp³-hybridized carbons (Fsp3) is 0.348. The summed E-state index contributed by atoms with van der Waals surface area (Å²) in [5, 5.41) is 12.8. The van der Waals surface area contributed by atoms with Gasteiger partial charge in [-0.05, 0) is 36.1 Å². The molecule has 2 saturated heterocycles. The first-order valence-electron chi connectivity index (χ1n) is 9.67. The highest BCUT2D eigenvalue weighted by molar-refractivity contribution is 5.82. The molecule has 1 N–H and O–H groups in total. The lowest BCUT2D eigenvalue weighted by molar-refractivity contribution is -0.149. The fourth-order valence-corrected chi connectivity index (χ4v) is 4.83. The Kier molecular flexibility index (Phi) is 4.20. The minimum atomic E-state index is -0.838. The van der Waals surface area contributed by atoms with Crippen LogP contribution in [0.25, 0.3) is 10.9 Å². The van der Waals surface area contributed by atoms with Crippen LogP contribution in [-0.4, -0.2) is 40.3 Å². The lowest BCUT2D eigenvalue weighted by Crippen LogP contribution is -2.60. The summed E-state index contributed by atoms with van der Waals surface area (Å²) in [5.74, 6) is 0. The van der Waals surface area contributed by atoms with E-state index in [4.69, 9.17) is 4.74 Å². The maximum Gasteiger partial charge on any atom is 0.0934 e. The number of morpholine rings is 1. The van der Waals surface area contributed by atoms with E-state index in [0.717, 1.165) is 23.0 Å². The van der Waals surface area contributed by atoms with Crippen molar-refractivity contribution in [3.05, 3.63) is 78.0 Å². The SMILES string of the molecule is OC1(c2cccc3ncccc23)CC2COCC(C1)N2Cc1ccccc1. The third-order valence-electron chi connectivity index (χ3n) is 6.06. The van der Waals surface area contributed by atoms with Gasteiger partial charge in [-0.25, -0.2) is 0 Å². The van der Waals surface area contributed by atoms with E-state index in [1.54, 1.807) is 6.20 Å². The van der Waals surface area contributed by atoms with E-state index in [0.29, 0.717) is 26.1 Å². The van der Waals surface area contributed by atoms with E-state index in [1.165, 1.54) is 5.56 Å². The second-order valence-electron chi connectivity index (χ2n) is 7.82. The van der Waals surface area contributed by atoms with E-state index in [1.807, 2.05) is 18.2 Å². The number of piperidine rings is 1. The Hall–Kier alpha value is -2.27. The van der Waals surface area contributed by atoms with Crippen LogP contribution in [0.3, 0.4) is 0 Å². The summed E-state index contributed by atoms with van der Waals surface area (Å²) in [4.78, 5) is 6.99. The smallest absolute Gasteiger partial charge is 0.0934 e. The number of nitrogens with zero attached hydrogens (tertiary/aromatic N) is 2. The van der Waals surface area contributed by atoms with Gasteiger partial charge in [0.15, 0.2) is 0 Å². The van der Waals surface area contributed by atoms with E-state index >= 15 is 0 Å². The zero-order chi connectivity index (χ0) is 18.3. The number of fused-ring (bicyclic) bond motifs is 3. The maximum atomic E-state index is 11.7. The molecule has 5 rings (SSSR count). The van der Waals surface area contributed by atoms with Gasteiger partial charge in [-0.15, -0.1) is 0 Å². The topological polar surface area (TPSA) is 45.6 Å². The largest absolute Gasteiger partial charge is 0.385 e. The molecule has 4 nitrogen and oxygen atoms in total. The minimum absolute atomic E-state index is 0.217. The molecule has 3 aromatic rings. The van der Waals surface area contributed by atoms with Gasteiger partial charge >= 0.3 is 0 Å². The summed E-state index contributed by atoms with van der Waals surface area (Å²) in [5.41, 5.74) is 2.42. The lowest BCUT2D eigenvalue weighted by atomic mass is 9.75. The van der Waals surface area contributed by atoms with Crippen LogP contribution in [0.5, 0.6) is 0 Å². The fourth-order valence-electron chi connectivity index (χ4n) is 4.83. The Morgan fingerprint density at radius 3 is 2.52 bits per heavy atom. The zero-order valence-electron chi connectivity index (χ0n) is 15.3. The highest BCUT2D eigenvalue weighted by Gasteiger charge is 2.47. The Morgan fingerprint density at radius 1 is 0.963 bits per heavy atom. The average molecular weight is 360 g/mol. The van der Waals surface area contributed by atoms with E-state index in [2.05, 4.69) is 52.3 Å². The number of hydrogen-bond acceptors (Lipinski definition) is 4. The van der Waals surface area contributed by atoms with Crippen molar-refractivity contribution in [2.24, 2.45) is 0 Å². The molecule has 1 aromatic heterocycles. The van der Waals surface area contributed by atoms with Gasteiger partial charge in [0.05, 0.1) is 24.3 Å². The molecule has 0 spiro atoms. The molecule has 0 radical (unpaired) electrons. The summed E-state index contributed by atoms with van der Waals surface area (Å²) in [6, 6.07) is 21.1. The summed E-state index contributed by atoms with van der Waals surface area (Å²) in [7, 11) is 0. The van der Waals surface area contributed by atoms with Gasteiger partial charge in [0, 0.05) is 30.2 Å². The minimum Gasteiger partial charge on any atom is -0.385 e. The molecule has 0 aliphatic carbocycles. The molecular formula is C23H24N2O2. The lowest BCUT2D eigenvalue weighted by Gasteiger charge is -2.52. The van der Waals surface area contributed by atoms with Crippen LogP contribution in [0.4, 0.5) is 0 Å². The summed E-state index contributed by atoms with van der Waals surface area (Å²) < 4.78 is 5.86. The molecule has 2 atom stereocenters. The molecule has 2 aliphatic rings. The quantitative estimate of drug-likeness (QED) is 0.777. The van der Waals surface area contributed by atoms with Crippen molar-refractivity contribution >= 4 is 10.9 Å². The Bertz CT molecular complexity index is 924. The predicted molar refractivity (Wildman–Crippen MR) is 105 cm³/mol. The normalized spacial score (nSPS) is 28.3. The molecule has 4 heteroatoms. The Morgan fingerprint density at radius 2 is 1.74 bits per heavy atom. The summed E-state index contributed by atoms with van der Waals surface area (Å²) in [6.45, 7) is 2.26. The first kappa shape index (κ1) is 16.9. The van der Waals surface area contributed by atoms with E-state index < -0.39 is 5.60 Å². The molecule has 3 heterocycles. The van der Waals surface area contributed by atoms with Gasteiger partial charge < -0.3 is 9.84 Å². The molecule has 138 valence electrons. The molecule has 0 saturated carbocycles. The highest BCUT2D eigenvalue weighted by atomic mass is 16.5. The van der Waals surface area contributed by atoms with Gasteiger partial charge in [-0.2, -0.15) is 0 Å². The molecule has 2 unspecified atom stereocenters. The van der Waals surface area contributed by atoms with Gasteiger partial charge in [0.25, 0.3) is 0 Å². The van der Waals surface area contributed by atoms with Crippen LogP contribution in [0.1, 0.15) is 24.0 Å². The van der Waals surface area contributed by atoms with Gasteiger partial charge in [-0.1, -0.05) is 48.5 Å². The monoisotopic (exact) mass is 360 g/mol. The molecule has 2 bridgehead atoms. The number of rotatable bonds is 3. The first-order chi connectivity index (χ1) is 13.2. The number of aromatic nitrogens is 1.